The fourth-order valence-electron chi connectivity index (χ4n) is 1.95. The lowest BCUT2D eigenvalue weighted by Crippen LogP contribution is -2.09. The Morgan fingerprint density at radius 2 is 1.95 bits per heavy atom. The largest absolute Gasteiger partial charge is 0.497 e. The van der Waals surface area contributed by atoms with Crippen LogP contribution in [0, 0.1) is 5.82 Å². The molecule has 0 saturated carbocycles. The molecule has 0 unspecified atom stereocenters. The van der Waals surface area contributed by atoms with Crippen LogP contribution in [-0.4, -0.2) is 7.11 Å². The number of rotatable bonds is 5. The normalized spacial score (nSPS) is 12.0. The van der Waals surface area contributed by atoms with E-state index in [1.54, 1.807) is 26.2 Å². The molecule has 0 heterocycles. The summed E-state index contributed by atoms with van der Waals surface area (Å²) in [7, 11) is 1.60. The standard InChI is InChI=1S/C16H18FNO2/c1-11(18)14-7-4-8-15(17)16(14)20-10-12-5-3-6-13(9-12)19-2/h3-9,11H,10,18H2,1-2H3/t11-/m0/s1. The SMILES string of the molecule is COc1cccc(COc2c(F)cccc2[C@H](C)N)c1. The number of nitrogens with two attached hydrogens (primary N) is 1. The van der Waals surface area contributed by atoms with Gasteiger partial charge in [0.15, 0.2) is 11.6 Å². The Hall–Kier alpha value is -2.07. The lowest BCUT2D eigenvalue weighted by molar-refractivity contribution is 0.284. The summed E-state index contributed by atoms with van der Waals surface area (Å²) < 4.78 is 24.6. The lowest BCUT2D eigenvalue weighted by atomic mass is 10.1. The molecule has 0 amide bonds. The summed E-state index contributed by atoms with van der Waals surface area (Å²) >= 11 is 0. The van der Waals surface area contributed by atoms with Gasteiger partial charge < -0.3 is 15.2 Å². The minimum absolute atomic E-state index is 0.213. The fourth-order valence-corrected chi connectivity index (χ4v) is 1.95. The Kier molecular flexibility index (Phi) is 4.58. The monoisotopic (exact) mass is 275 g/mol. The van der Waals surface area contributed by atoms with Crippen molar-refractivity contribution in [2.24, 2.45) is 5.73 Å². The Bertz CT molecular complexity index is 584. The van der Waals surface area contributed by atoms with Gasteiger partial charge in [0.05, 0.1) is 7.11 Å². The van der Waals surface area contributed by atoms with Crippen molar-refractivity contribution in [1.82, 2.24) is 0 Å². The van der Waals surface area contributed by atoms with Crippen molar-refractivity contribution in [2.45, 2.75) is 19.6 Å². The van der Waals surface area contributed by atoms with E-state index in [0.717, 1.165) is 11.3 Å². The highest BCUT2D eigenvalue weighted by Crippen LogP contribution is 2.28. The molecule has 2 aromatic rings. The molecule has 0 saturated heterocycles. The minimum Gasteiger partial charge on any atom is -0.497 e. The highest BCUT2D eigenvalue weighted by Gasteiger charge is 2.13. The van der Waals surface area contributed by atoms with Crippen LogP contribution in [0.1, 0.15) is 24.1 Å². The number of para-hydroxylation sites is 1. The van der Waals surface area contributed by atoms with Crippen LogP contribution in [0.4, 0.5) is 4.39 Å². The second kappa shape index (κ2) is 6.39. The number of halogens is 1. The summed E-state index contributed by atoms with van der Waals surface area (Å²) in [5.74, 6) is 0.556. The van der Waals surface area contributed by atoms with Gasteiger partial charge in [-0.3, -0.25) is 0 Å². The van der Waals surface area contributed by atoms with Crippen LogP contribution in [-0.2, 0) is 6.61 Å². The highest BCUT2D eigenvalue weighted by atomic mass is 19.1. The molecule has 3 nitrogen and oxygen atoms in total. The highest BCUT2D eigenvalue weighted by molar-refractivity contribution is 5.37. The van der Waals surface area contributed by atoms with Gasteiger partial charge in [-0.2, -0.15) is 0 Å². The first-order valence-electron chi connectivity index (χ1n) is 6.41. The zero-order valence-corrected chi connectivity index (χ0v) is 11.6. The number of hydrogen-bond acceptors (Lipinski definition) is 3. The third kappa shape index (κ3) is 3.27. The zero-order valence-electron chi connectivity index (χ0n) is 11.6. The van der Waals surface area contributed by atoms with Crippen LogP contribution < -0.4 is 15.2 Å². The Morgan fingerprint density at radius 3 is 2.65 bits per heavy atom. The van der Waals surface area contributed by atoms with E-state index in [4.69, 9.17) is 15.2 Å². The summed E-state index contributed by atoms with van der Waals surface area (Å²) in [6, 6.07) is 12.0. The van der Waals surface area contributed by atoms with Gasteiger partial charge in [-0.15, -0.1) is 0 Å². The minimum atomic E-state index is -0.400. The van der Waals surface area contributed by atoms with Crippen LogP contribution >= 0.6 is 0 Å². The summed E-state index contributed by atoms with van der Waals surface area (Å²) in [5.41, 5.74) is 7.40. The average molecular weight is 275 g/mol. The molecule has 4 heteroatoms. The van der Waals surface area contributed by atoms with Crippen molar-refractivity contribution in [2.75, 3.05) is 7.11 Å². The van der Waals surface area contributed by atoms with E-state index < -0.39 is 5.82 Å². The molecule has 0 fully saturated rings. The van der Waals surface area contributed by atoms with E-state index >= 15 is 0 Å². The number of benzene rings is 2. The maximum absolute atomic E-state index is 13.9. The molecule has 0 aliphatic rings. The van der Waals surface area contributed by atoms with Crippen LogP contribution in [0.2, 0.25) is 0 Å². The van der Waals surface area contributed by atoms with Crippen LogP contribution in [0.15, 0.2) is 42.5 Å². The molecule has 0 radical (unpaired) electrons. The van der Waals surface area contributed by atoms with Gasteiger partial charge in [0.25, 0.3) is 0 Å². The van der Waals surface area contributed by atoms with Crippen LogP contribution in [0.3, 0.4) is 0 Å². The summed E-state index contributed by atoms with van der Waals surface area (Å²) in [5, 5.41) is 0. The van der Waals surface area contributed by atoms with Crippen molar-refractivity contribution in [3.8, 4) is 11.5 Å². The maximum Gasteiger partial charge on any atom is 0.165 e. The van der Waals surface area contributed by atoms with Gasteiger partial charge in [0.1, 0.15) is 12.4 Å². The van der Waals surface area contributed by atoms with Crippen molar-refractivity contribution < 1.29 is 13.9 Å². The molecule has 1 atom stereocenters. The zero-order chi connectivity index (χ0) is 14.5. The third-order valence-electron chi connectivity index (χ3n) is 3.01. The molecular weight excluding hydrogens is 257 g/mol. The number of hydrogen-bond donors (Lipinski definition) is 1. The quantitative estimate of drug-likeness (QED) is 0.909. The molecule has 2 rings (SSSR count). The molecule has 2 aromatic carbocycles. The van der Waals surface area contributed by atoms with E-state index in [2.05, 4.69) is 0 Å². The van der Waals surface area contributed by atoms with Gasteiger partial charge in [-0.05, 0) is 30.7 Å². The Balaban J connectivity index is 2.18. The first-order chi connectivity index (χ1) is 9.61. The average Bonchev–Trinajstić information content (AvgIpc) is 2.45. The molecule has 20 heavy (non-hydrogen) atoms. The lowest BCUT2D eigenvalue weighted by Gasteiger charge is -2.15. The van der Waals surface area contributed by atoms with E-state index in [1.807, 2.05) is 24.3 Å². The predicted octanol–water partition coefficient (Wildman–Crippen LogP) is 3.43. The van der Waals surface area contributed by atoms with E-state index in [0.29, 0.717) is 5.56 Å². The summed E-state index contributed by atoms with van der Waals surface area (Å²) in [6.07, 6.45) is 0. The fraction of sp³-hybridized carbons (Fsp3) is 0.250. The summed E-state index contributed by atoms with van der Waals surface area (Å²) in [4.78, 5) is 0. The molecule has 0 aliphatic heterocycles. The molecule has 106 valence electrons. The first-order valence-corrected chi connectivity index (χ1v) is 6.41. The van der Waals surface area contributed by atoms with Crippen molar-refractivity contribution in [3.63, 3.8) is 0 Å². The van der Waals surface area contributed by atoms with E-state index in [1.165, 1.54) is 6.07 Å². The molecule has 0 bridgehead atoms. The van der Waals surface area contributed by atoms with Gasteiger partial charge in [0, 0.05) is 11.6 Å². The first kappa shape index (κ1) is 14.3. The smallest absolute Gasteiger partial charge is 0.165 e. The van der Waals surface area contributed by atoms with Gasteiger partial charge in [-0.25, -0.2) is 4.39 Å². The maximum atomic E-state index is 13.9. The third-order valence-corrected chi connectivity index (χ3v) is 3.01. The van der Waals surface area contributed by atoms with Crippen molar-refractivity contribution in [3.05, 3.63) is 59.4 Å². The molecular formula is C16H18FNO2. The number of methoxy groups -OCH3 is 1. The van der Waals surface area contributed by atoms with Crippen molar-refractivity contribution >= 4 is 0 Å². The van der Waals surface area contributed by atoms with Gasteiger partial charge in [-0.1, -0.05) is 24.3 Å². The van der Waals surface area contributed by atoms with Crippen LogP contribution in [0.5, 0.6) is 11.5 Å². The van der Waals surface area contributed by atoms with E-state index in [9.17, 15) is 4.39 Å². The Labute approximate surface area is 118 Å². The second-order valence-corrected chi connectivity index (χ2v) is 4.59. The predicted molar refractivity (Wildman–Crippen MR) is 76.3 cm³/mol. The molecule has 0 aromatic heterocycles. The van der Waals surface area contributed by atoms with Gasteiger partial charge >= 0.3 is 0 Å². The molecule has 0 spiro atoms. The molecule has 2 N–H and O–H groups in total. The second-order valence-electron chi connectivity index (χ2n) is 4.59. The number of ether oxygens (including phenoxy) is 2. The van der Waals surface area contributed by atoms with Crippen LogP contribution in [0.25, 0.3) is 0 Å². The topological polar surface area (TPSA) is 44.5 Å². The Morgan fingerprint density at radius 1 is 1.20 bits per heavy atom. The van der Waals surface area contributed by atoms with E-state index in [-0.39, 0.29) is 18.4 Å². The van der Waals surface area contributed by atoms with Crippen molar-refractivity contribution in [1.29, 1.82) is 0 Å². The summed E-state index contributed by atoms with van der Waals surface area (Å²) in [6.45, 7) is 2.06. The molecule has 0 aliphatic carbocycles. The van der Waals surface area contributed by atoms with Gasteiger partial charge in [0.2, 0.25) is 0 Å².